The number of hydrogen-bond acceptors (Lipinski definition) is 4. The van der Waals surface area contributed by atoms with E-state index in [1.165, 1.54) is 0 Å². The van der Waals surface area contributed by atoms with E-state index in [1.54, 1.807) is 30.3 Å². The molecule has 0 aliphatic rings. The Kier molecular flexibility index (Phi) is 4.43. The Balaban J connectivity index is 2.97. The van der Waals surface area contributed by atoms with E-state index >= 15 is 0 Å². The van der Waals surface area contributed by atoms with Crippen LogP contribution >= 0.6 is 0 Å². The summed E-state index contributed by atoms with van der Waals surface area (Å²) in [6.45, 7) is 0.0777. The van der Waals surface area contributed by atoms with Gasteiger partial charge in [-0.05, 0) is 18.5 Å². The summed E-state index contributed by atoms with van der Waals surface area (Å²) < 4.78 is 31.1. The molecule has 90 valence electrons. The fourth-order valence-corrected chi connectivity index (χ4v) is 2.42. The molecule has 0 bridgehead atoms. The molecule has 0 fully saturated rings. The van der Waals surface area contributed by atoms with Crippen LogP contribution in [0.15, 0.2) is 30.3 Å². The summed E-state index contributed by atoms with van der Waals surface area (Å²) in [4.78, 5) is 0. The zero-order valence-electron chi connectivity index (χ0n) is 8.65. The van der Waals surface area contributed by atoms with Crippen molar-refractivity contribution in [2.24, 2.45) is 5.73 Å². The molecule has 1 rings (SSSR count). The molecule has 4 N–H and O–H groups in total. The van der Waals surface area contributed by atoms with Gasteiger partial charge in [-0.15, -0.1) is 0 Å². The molecule has 0 aromatic heterocycles. The molecule has 6 heteroatoms. The highest BCUT2D eigenvalue weighted by Gasteiger charge is 2.31. The van der Waals surface area contributed by atoms with Gasteiger partial charge in [-0.2, -0.15) is 8.42 Å². The quantitative estimate of drug-likeness (QED) is 0.649. The second-order valence-corrected chi connectivity index (χ2v) is 5.12. The normalized spacial score (nSPS) is 15.7. The van der Waals surface area contributed by atoms with Gasteiger partial charge in [-0.3, -0.25) is 4.55 Å². The van der Waals surface area contributed by atoms with Crippen LogP contribution in [0, 0.1) is 0 Å². The molecule has 0 radical (unpaired) electrons. The third-order valence-electron chi connectivity index (χ3n) is 2.33. The van der Waals surface area contributed by atoms with Gasteiger partial charge in [-0.25, -0.2) is 0 Å². The molecular weight excluding hydrogens is 230 g/mol. The molecule has 0 spiro atoms. The van der Waals surface area contributed by atoms with Gasteiger partial charge in [0.05, 0.1) is 6.10 Å². The first kappa shape index (κ1) is 13.1. The molecule has 1 aromatic rings. The Bertz CT molecular complexity index is 418. The van der Waals surface area contributed by atoms with E-state index in [-0.39, 0.29) is 13.0 Å². The minimum absolute atomic E-state index is 0.00882. The smallest absolute Gasteiger partial charge is 0.270 e. The topological polar surface area (TPSA) is 101 Å². The van der Waals surface area contributed by atoms with Crippen molar-refractivity contribution in [3.05, 3.63) is 35.9 Å². The zero-order valence-corrected chi connectivity index (χ0v) is 9.47. The van der Waals surface area contributed by atoms with Crippen molar-refractivity contribution in [2.75, 3.05) is 6.54 Å². The van der Waals surface area contributed by atoms with Gasteiger partial charge >= 0.3 is 0 Å². The van der Waals surface area contributed by atoms with Crippen LogP contribution in [-0.2, 0) is 10.1 Å². The lowest BCUT2D eigenvalue weighted by Crippen LogP contribution is -2.30. The van der Waals surface area contributed by atoms with Crippen molar-refractivity contribution in [1.29, 1.82) is 0 Å². The first-order valence-corrected chi connectivity index (χ1v) is 6.36. The largest absolute Gasteiger partial charge is 0.387 e. The van der Waals surface area contributed by atoms with Crippen LogP contribution in [0.25, 0.3) is 0 Å². The van der Waals surface area contributed by atoms with E-state index < -0.39 is 21.5 Å². The summed E-state index contributed by atoms with van der Waals surface area (Å²) in [5.41, 5.74) is 5.70. The Labute approximate surface area is 94.7 Å². The number of benzene rings is 1. The fourth-order valence-electron chi connectivity index (χ4n) is 1.50. The number of hydrogen-bond donors (Lipinski definition) is 3. The Morgan fingerprint density at radius 3 is 2.25 bits per heavy atom. The maximum atomic E-state index is 11.1. The Hall–Kier alpha value is -0.950. The summed E-state index contributed by atoms with van der Waals surface area (Å²) in [5.74, 6) is 0. The fraction of sp³-hybridized carbons (Fsp3) is 0.400. The molecule has 5 nitrogen and oxygen atoms in total. The summed E-state index contributed by atoms with van der Waals surface area (Å²) in [5, 5.41) is 8.57. The Morgan fingerprint density at radius 2 is 1.81 bits per heavy atom. The van der Waals surface area contributed by atoms with Crippen molar-refractivity contribution in [3.8, 4) is 0 Å². The van der Waals surface area contributed by atoms with Crippen molar-refractivity contribution < 1.29 is 18.1 Å². The standard InChI is InChI=1S/C10H15NO4S/c11-7-6-9(16(13,14)15)10(12)8-4-2-1-3-5-8/h1-5,9-10,12H,6-7,11H2,(H,13,14,15)/t9?,10-/m1/s1. The molecule has 0 amide bonds. The van der Waals surface area contributed by atoms with Crippen molar-refractivity contribution in [2.45, 2.75) is 17.8 Å². The molecule has 2 atom stereocenters. The summed E-state index contributed by atoms with van der Waals surface area (Å²) in [6.07, 6.45) is -1.26. The van der Waals surface area contributed by atoms with E-state index in [9.17, 15) is 13.5 Å². The highest BCUT2D eigenvalue weighted by Crippen LogP contribution is 2.23. The van der Waals surface area contributed by atoms with E-state index in [1.807, 2.05) is 0 Å². The van der Waals surface area contributed by atoms with Crippen LogP contribution in [0.5, 0.6) is 0 Å². The molecule has 16 heavy (non-hydrogen) atoms. The Morgan fingerprint density at radius 1 is 1.25 bits per heavy atom. The molecule has 0 saturated heterocycles. The lowest BCUT2D eigenvalue weighted by molar-refractivity contribution is 0.164. The lowest BCUT2D eigenvalue weighted by atomic mass is 10.0. The van der Waals surface area contributed by atoms with Crippen LogP contribution in [0.2, 0.25) is 0 Å². The maximum absolute atomic E-state index is 11.1. The highest BCUT2D eigenvalue weighted by atomic mass is 32.2. The van der Waals surface area contributed by atoms with Crippen molar-refractivity contribution >= 4 is 10.1 Å². The van der Waals surface area contributed by atoms with Crippen LogP contribution in [0.3, 0.4) is 0 Å². The highest BCUT2D eigenvalue weighted by molar-refractivity contribution is 7.86. The van der Waals surface area contributed by atoms with Gasteiger partial charge in [0.15, 0.2) is 0 Å². The van der Waals surface area contributed by atoms with Gasteiger partial charge in [0.1, 0.15) is 5.25 Å². The maximum Gasteiger partial charge on any atom is 0.270 e. The van der Waals surface area contributed by atoms with E-state index in [4.69, 9.17) is 10.3 Å². The van der Waals surface area contributed by atoms with E-state index in [2.05, 4.69) is 0 Å². The monoisotopic (exact) mass is 245 g/mol. The molecule has 0 saturated carbocycles. The summed E-state index contributed by atoms with van der Waals surface area (Å²) >= 11 is 0. The van der Waals surface area contributed by atoms with Gasteiger partial charge in [-0.1, -0.05) is 30.3 Å². The van der Waals surface area contributed by atoms with E-state index in [0.29, 0.717) is 5.56 Å². The third-order valence-corrected chi connectivity index (χ3v) is 3.59. The number of rotatable bonds is 5. The van der Waals surface area contributed by atoms with Gasteiger partial charge in [0.2, 0.25) is 0 Å². The summed E-state index contributed by atoms with van der Waals surface area (Å²) in [6, 6.07) is 8.31. The molecule has 0 aliphatic heterocycles. The van der Waals surface area contributed by atoms with Crippen LogP contribution in [0.1, 0.15) is 18.1 Å². The molecular formula is C10H15NO4S. The minimum Gasteiger partial charge on any atom is -0.387 e. The average molecular weight is 245 g/mol. The number of aliphatic hydroxyl groups excluding tert-OH is 1. The zero-order chi connectivity index (χ0) is 12.2. The second kappa shape index (κ2) is 5.40. The number of aliphatic hydroxyl groups is 1. The molecule has 0 heterocycles. The SMILES string of the molecule is NCCC([C@H](O)c1ccccc1)S(=O)(=O)O. The molecule has 1 aromatic carbocycles. The van der Waals surface area contributed by atoms with Crippen molar-refractivity contribution in [1.82, 2.24) is 0 Å². The van der Waals surface area contributed by atoms with Crippen LogP contribution in [0.4, 0.5) is 0 Å². The van der Waals surface area contributed by atoms with Crippen LogP contribution in [-0.4, -0.2) is 29.9 Å². The first-order valence-electron chi connectivity index (χ1n) is 4.86. The third kappa shape index (κ3) is 3.28. The first-order chi connectivity index (χ1) is 7.46. The van der Waals surface area contributed by atoms with Gasteiger partial charge in [0.25, 0.3) is 10.1 Å². The minimum atomic E-state index is -4.30. The van der Waals surface area contributed by atoms with Gasteiger partial charge in [0, 0.05) is 0 Å². The average Bonchev–Trinajstić information content (AvgIpc) is 2.25. The van der Waals surface area contributed by atoms with Gasteiger partial charge < -0.3 is 10.8 Å². The lowest BCUT2D eigenvalue weighted by Gasteiger charge is -2.19. The second-order valence-electron chi connectivity index (χ2n) is 3.49. The van der Waals surface area contributed by atoms with Crippen LogP contribution < -0.4 is 5.73 Å². The number of nitrogens with two attached hydrogens (primary N) is 1. The van der Waals surface area contributed by atoms with E-state index in [0.717, 1.165) is 0 Å². The summed E-state index contributed by atoms with van der Waals surface area (Å²) in [7, 11) is -4.30. The molecule has 1 unspecified atom stereocenters. The molecule has 0 aliphatic carbocycles. The predicted molar refractivity (Wildman–Crippen MR) is 60.4 cm³/mol. The predicted octanol–water partition coefficient (Wildman–Crippen LogP) is 0.325. The van der Waals surface area contributed by atoms with Crippen molar-refractivity contribution in [3.63, 3.8) is 0 Å².